The van der Waals surface area contributed by atoms with Crippen LogP contribution in [0, 0.1) is 27.3 Å². The quantitative estimate of drug-likeness (QED) is 0.629. The molecule has 0 fully saturated rings. The molecule has 0 saturated heterocycles. The summed E-state index contributed by atoms with van der Waals surface area (Å²) < 4.78 is 18.2. The van der Waals surface area contributed by atoms with Crippen LogP contribution in [0.3, 0.4) is 0 Å². The molecule has 1 aromatic carbocycles. The molecule has 0 bridgehead atoms. The molecule has 1 rings (SSSR count). The molecule has 1 atom stereocenters. The number of benzene rings is 1. The van der Waals surface area contributed by atoms with E-state index in [0.717, 1.165) is 12.1 Å². The zero-order valence-corrected chi connectivity index (χ0v) is 10.6. The molecule has 0 heterocycles. The molecule has 0 aliphatic carbocycles. The minimum absolute atomic E-state index is 0.0641. The van der Waals surface area contributed by atoms with E-state index in [1.165, 1.54) is 6.07 Å². The molecule has 0 aromatic heterocycles. The second kappa shape index (κ2) is 6.11. The molecule has 0 aliphatic rings. The lowest BCUT2D eigenvalue weighted by Gasteiger charge is -2.22. The molecule has 0 aliphatic heterocycles. The normalized spacial score (nSPS) is 13.4. The van der Waals surface area contributed by atoms with Gasteiger partial charge in [-0.3, -0.25) is 15.4 Å². The average Bonchev–Trinajstić information content (AvgIpc) is 2.37. The Morgan fingerprint density at radius 1 is 1.63 bits per heavy atom. The summed E-state index contributed by atoms with van der Waals surface area (Å²) in [6.07, 6.45) is 0. The van der Waals surface area contributed by atoms with Gasteiger partial charge in [0.2, 0.25) is 0 Å². The average molecular weight is 267 g/mol. The van der Waals surface area contributed by atoms with Crippen molar-refractivity contribution in [3.8, 4) is 11.8 Å². The van der Waals surface area contributed by atoms with Gasteiger partial charge < -0.3 is 4.74 Å². The fourth-order valence-electron chi connectivity index (χ4n) is 1.49. The van der Waals surface area contributed by atoms with Crippen molar-refractivity contribution in [3.63, 3.8) is 0 Å². The SMILES string of the molecule is CCNC(C)(C#N)COc1ccc(F)cc1[N+](=O)[O-]. The van der Waals surface area contributed by atoms with Gasteiger partial charge in [-0.1, -0.05) is 6.92 Å². The smallest absolute Gasteiger partial charge is 0.313 e. The Bertz CT molecular complexity index is 515. The van der Waals surface area contributed by atoms with Crippen LogP contribution in [-0.4, -0.2) is 23.6 Å². The van der Waals surface area contributed by atoms with E-state index in [-0.39, 0.29) is 12.4 Å². The van der Waals surface area contributed by atoms with E-state index < -0.39 is 22.0 Å². The first-order chi connectivity index (χ1) is 8.91. The second-order valence-electron chi connectivity index (χ2n) is 4.13. The fourth-order valence-corrected chi connectivity index (χ4v) is 1.49. The first-order valence-corrected chi connectivity index (χ1v) is 5.65. The Labute approximate surface area is 109 Å². The molecule has 1 N–H and O–H groups in total. The van der Waals surface area contributed by atoms with E-state index in [4.69, 9.17) is 10.00 Å². The van der Waals surface area contributed by atoms with Gasteiger partial charge in [0.15, 0.2) is 5.75 Å². The van der Waals surface area contributed by atoms with E-state index >= 15 is 0 Å². The number of nitriles is 1. The molecule has 19 heavy (non-hydrogen) atoms. The molecule has 1 aromatic rings. The third kappa shape index (κ3) is 3.89. The molecule has 6 nitrogen and oxygen atoms in total. The van der Waals surface area contributed by atoms with Crippen molar-refractivity contribution in [3.05, 3.63) is 34.1 Å². The second-order valence-corrected chi connectivity index (χ2v) is 4.13. The minimum Gasteiger partial charge on any atom is -0.484 e. The van der Waals surface area contributed by atoms with E-state index in [0.29, 0.717) is 6.54 Å². The summed E-state index contributed by atoms with van der Waals surface area (Å²) in [7, 11) is 0. The third-order valence-corrected chi connectivity index (χ3v) is 2.45. The van der Waals surface area contributed by atoms with E-state index in [1.54, 1.807) is 6.92 Å². The number of likely N-dealkylation sites (N-methyl/N-ethyl adjacent to an activating group) is 1. The number of hydrogen-bond donors (Lipinski definition) is 1. The molecule has 0 amide bonds. The maximum Gasteiger partial charge on any atom is 0.313 e. The number of nitro groups is 1. The van der Waals surface area contributed by atoms with Crippen LogP contribution in [0.25, 0.3) is 0 Å². The lowest BCUT2D eigenvalue weighted by molar-refractivity contribution is -0.386. The summed E-state index contributed by atoms with van der Waals surface area (Å²) in [4.78, 5) is 10.0. The molecule has 7 heteroatoms. The molecule has 0 radical (unpaired) electrons. The van der Waals surface area contributed by atoms with Gasteiger partial charge >= 0.3 is 5.69 Å². The molecular weight excluding hydrogens is 253 g/mol. The van der Waals surface area contributed by atoms with Crippen LogP contribution < -0.4 is 10.1 Å². The molecule has 1 unspecified atom stereocenters. The van der Waals surface area contributed by atoms with Crippen molar-refractivity contribution in [1.82, 2.24) is 5.32 Å². The Morgan fingerprint density at radius 3 is 2.84 bits per heavy atom. The van der Waals surface area contributed by atoms with Gasteiger partial charge in [-0.05, 0) is 25.6 Å². The summed E-state index contributed by atoms with van der Waals surface area (Å²) in [5.74, 6) is -0.778. The topological polar surface area (TPSA) is 88.2 Å². The van der Waals surface area contributed by atoms with E-state index in [2.05, 4.69) is 5.32 Å². The first-order valence-electron chi connectivity index (χ1n) is 5.65. The highest BCUT2D eigenvalue weighted by atomic mass is 19.1. The van der Waals surface area contributed by atoms with Crippen LogP contribution in [0.1, 0.15) is 13.8 Å². The number of nitrogens with zero attached hydrogens (tertiary/aromatic N) is 2. The van der Waals surface area contributed by atoms with Crippen molar-refractivity contribution in [2.45, 2.75) is 19.4 Å². The van der Waals surface area contributed by atoms with Crippen molar-refractivity contribution in [2.75, 3.05) is 13.2 Å². The molecule has 0 saturated carbocycles. The van der Waals surface area contributed by atoms with Crippen LogP contribution in [0.5, 0.6) is 5.75 Å². The highest BCUT2D eigenvalue weighted by Crippen LogP contribution is 2.28. The lowest BCUT2D eigenvalue weighted by Crippen LogP contribution is -2.46. The Balaban J connectivity index is 2.89. The third-order valence-electron chi connectivity index (χ3n) is 2.45. The van der Waals surface area contributed by atoms with Gasteiger partial charge in [-0.2, -0.15) is 5.26 Å². The maximum atomic E-state index is 12.9. The maximum absolute atomic E-state index is 12.9. The Kier molecular flexibility index (Phi) is 4.78. The van der Waals surface area contributed by atoms with Crippen LogP contribution in [0.4, 0.5) is 10.1 Å². The summed E-state index contributed by atoms with van der Waals surface area (Å²) in [6, 6.07) is 5.06. The number of rotatable bonds is 6. The summed E-state index contributed by atoms with van der Waals surface area (Å²) >= 11 is 0. The van der Waals surface area contributed by atoms with Gasteiger partial charge in [0.25, 0.3) is 0 Å². The summed E-state index contributed by atoms with van der Waals surface area (Å²) in [5.41, 5.74) is -1.42. The van der Waals surface area contributed by atoms with Crippen LogP contribution in [0.2, 0.25) is 0 Å². The highest BCUT2D eigenvalue weighted by Gasteiger charge is 2.25. The predicted octanol–water partition coefficient (Wildman–Crippen LogP) is 2.00. The van der Waals surface area contributed by atoms with Gasteiger partial charge in [-0.15, -0.1) is 0 Å². The standard InChI is InChI=1S/C12H14FN3O3/c1-3-15-12(2,7-14)8-19-11-5-4-9(13)6-10(11)16(17)18/h4-6,15H,3,8H2,1-2H3. The van der Waals surface area contributed by atoms with Crippen LogP contribution in [0.15, 0.2) is 18.2 Å². The largest absolute Gasteiger partial charge is 0.484 e. The predicted molar refractivity (Wildman–Crippen MR) is 66.2 cm³/mol. The molecular formula is C12H14FN3O3. The van der Waals surface area contributed by atoms with Crippen molar-refractivity contribution in [1.29, 1.82) is 5.26 Å². The van der Waals surface area contributed by atoms with Crippen molar-refractivity contribution >= 4 is 5.69 Å². The zero-order valence-electron chi connectivity index (χ0n) is 10.6. The van der Waals surface area contributed by atoms with Crippen molar-refractivity contribution in [2.24, 2.45) is 0 Å². The number of nitro benzene ring substituents is 1. The number of ether oxygens (including phenoxy) is 1. The van der Waals surface area contributed by atoms with Crippen LogP contribution in [-0.2, 0) is 0 Å². The fraction of sp³-hybridized carbons (Fsp3) is 0.417. The van der Waals surface area contributed by atoms with Gasteiger partial charge in [0.05, 0.1) is 17.1 Å². The summed E-state index contributed by atoms with van der Waals surface area (Å²) in [6.45, 7) is 3.92. The van der Waals surface area contributed by atoms with Gasteiger partial charge in [-0.25, -0.2) is 4.39 Å². The van der Waals surface area contributed by atoms with Crippen LogP contribution >= 0.6 is 0 Å². The molecule has 0 spiro atoms. The number of nitrogens with one attached hydrogen (secondary N) is 1. The van der Waals surface area contributed by atoms with Gasteiger partial charge in [0, 0.05) is 0 Å². The first kappa shape index (κ1) is 14.9. The summed E-state index contributed by atoms with van der Waals surface area (Å²) in [5, 5.41) is 22.7. The van der Waals surface area contributed by atoms with E-state index in [9.17, 15) is 14.5 Å². The van der Waals surface area contributed by atoms with Gasteiger partial charge in [0.1, 0.15) is 18.0 Å². The Hall–Kier alpha value is -2.20. The van der Waals surface area contributed by atoms with Crippen molar-refractivity contribution < 1.29 is 14.1 Å². The minimum atomic E-state index is -0.961. The number of halogens is 1. The highest BCUT2D eigenvalue weighted by molar-refractivity contribution is 5.46. The molecule has 102 valence electrons. The Morgan fingerprint density at radius 2 is 2.32 bits per heavy atom. The number of hydrogen-bond acceptors (Lipinski definition) is 5. The zero-order chi connectivity index (χ0) is 14.5. The van der Waals surface area contributed by atoms with E-state index in [1.807, 2.05) is 13.0 Å². The monoisotopic (exact) mass is 267 g/mol. The lowest BCUT2D eigenvalue weighted by atomic mass is 10.1.